The maximum Gasteiger partial charge on any atom is 0.133 e. The maximum absolute atomic E-state index is 5.55. The van der Waals surface area contributed by atoms with Gasteiger partial charge in [-0.3, -0.25) is 0 Å². The minimum Gasteiger partial charge on any atom is -0.488 e. The second-order valence-corrected chi connectivity index (χ2v) is 4.29. The molecule has 0 saturated heterocycles. The molecule has 0 aliphatic rings. The molecule has 0 heterocycles. The van der Waals surface area contributed by atoms with Crippen molar-refractivity contribution in [2.75, 3.05) is 6.61 Å². The molecule has 1 rings (SSSR count). The smallest absolute Gasteiger partial charge is 0.133 e. The zero-order valence-electron chi connectivity index (χ0n) is 8.47. The van der Waals surface area contributed by atoms with Crippen molar-refractivity contribution in [3.05, 3.63) is 39.3 Å². The van der Waals surface area contributed by atoms with Crippen molar-refractivity contribution < 1.29 is 4.74 Å². The van der Waals surface area contributed by atoms with Crippen LogP contribution in [0.4, 0.5) is 0 Å². The lowest BCUT2D eigenvalue weighted by Crippen LogP contribution is -2.00. The Morgan fingerprint density at radius 3 is 2.87 bits per heavy atom. The van der Waals surface area contributed by atoms with Crippen molar-refractivity contribution >= 4 is 27.5 Å². The first kappa shape index (κ1) is 12.6. The average Bonchev–Trinajstić information content (AvgIpc) is 2.26. The largest absolute Gasteiger partial charge is 0.488 e. The van der Waals surface area contributed by atoms with Crippen LogP contribution in [0.25, 0.3) is 0 Å². The number of rotatable bonds is 4. The molecule has 2 N–H and O–H groups in total. The van der Waals surface area contributed by atoms with Gasteiger partial charge in [0, 0.05) is 12.1 Å². The van der Waals surface area contributed by atoms with Crippen molar-refractivity contribution in [2.45, 2.75) is 13.5 Å². The molecule has 0 bridgehead atoms. The Labute approximate surface area is 103 Å². The van der Waals surface area contributed by atoms with Gasteiger partial charge in [-0.1, -0.05) is 17.7 Å². The molecule has 0 atom stereocenters. The van der Waals surface area contributed by atoms with Crippen molar-refractivity contribution in [2.24, 2.45) is 5.73 Å². The van der Waals surface area contributed by atoms with E-state index < -0.39 is 0 Å². The predicted molar refractivity (Wildman–Crippen MR) is 67.1 cm³/mol. The average molecular weight is 291 g/mol. The Kier molecular flexibility index (Phi) is 5.15. The van der Waals surface area contributed by atoms with Gasteiger partial charge in [-0.2, -0.15) is 0 Å². The second kappa shape index (κ2) is 6.16. The fourth-order valence-electron chi connectivity index (χ4n) is 1.01. The number of hydrogen-bond donors (Lipinski definition) is 1. The summed E-state index contributed by atoms with van der Waals surface area (Å²) in [5.41, 5.74) is 9.09. The van der Waals surface area contributed by atoms with Crippen LogP contribution in [0.15, 0.2) is 33.8 Å². The summed E-state index contributed by atoms with van der Waals surface area (Å²) in [6.07, 6.45) is 0. The highest BCUT2D eigenvalue weighted by molar-refractivity contribution is 9.10. The number of benzene rings is 1. The molecule has 1 aromatic rings. The molecule has 0 amide bonds. The number of hydrogen-bond acceptors (Lipinski definition) is 2. The molecule has 0 fully saturated rings. The Morgan fingerprint density at radius 2 is 2.33 bits per heavy atom. The second-order valence-electron chi connectivity index (χ2n) is 3.21. The standard InChI is InChI=1S/C11H13BrClNO/c1-8(5-13)7-15-11-3-2-9(6-14)4-10(11)12/h2-5H,6-7,14H2,1H3/b8-5-. The number of halogens is 2. The van der Waals surface area contributed by atoms with Gasteiger partial charge in [-0.15, -0.1) is 0 Å². The van der Waals surface area contributed by atoms with Gasteiger partial charge >= 0.3 is 0 Å². The third kappa shape index (κ3) is 3.86. The van der Waals surface area contributed by atoms with Crippen LogP contribution in [0.3, 0.4) is 0 Å². The summed E-state index contributed by atoms with van der Waals surface area (Å²) >= 11 is 8.96. The van der Waals surface area contributed by atoms with E-state index in [9.17, 15) is 0 Å². The first-order valence-electron chi connectivity index (χ1n) is 4.54. The van der Waals surface area contributed by atoms with Crippen molar-refractivity contribution in [3.63, 3.8) is 0 Å². The minimum atomic E-state index is 0.490. The van der Waals surface area contributed by atoms with Crippen LogP contribution in [0.1, 0.15) is 12.5 Å². The van der Waals surface area contributed by atoms with Crippen LogP contribution in [-0.2, 0) is 6.54 Å². The normalized spacial score (nSPS) is 11.6. The first-order chi connectivity index (χ1) is 7.17. The SMILES string of the molecule is C/C(=C/Cl)COc1ccc(CN)cc1Br. The van der Waals surface area contributed by atoms with Crippen LogP contribution in [0.5, 0.6) is 5.75 Å². The Morgan fingerprint density at radius 1 is 1.60 bits per heavy atom. The fourth-order valence-corrected chi connectivity index (χ4v) is 1.62. The summed E-state index contributed by atoms with van der Waals surface area (Å²) in [4.78, 5) is 0. The molecule has 0 aliphatic heterocycles. The van der Waals surface area contributed by atoms with Crippen LogP contribution in [0.2, 0.25) is 0 Å². The van der Waals surface area contributed by atoms with Crippen LogP contribution < -0.4 is 10.5 Å². The van der Waals surface area contributed by atoms with E-state index in [1.54, 1.807) is 0 Å². The number of nitrogens with two attached hydrogens (primary N) is 1. The molecule has 15 heavy (non-hydrogen) atoms. The van der Waals surface area contributed by atoms with Crippen molar-refractivity contribution in [1.29, 1.82) is 0 Å². The van der Waals surface area contributed by atoms with E-state index in [-0.39, 0.29) is 0 Å². The Balaban J connectivity index is 2.70. The summed E-state index contributed by atoms with van der Waals surface area (Å²) in [6, 6.07) is 5.79. The van der Waals surface area contributed by atoms with Gasteiger partial charge in [0.2, 0.25) is 0 Å². The molecular weight excluding hydrogens is 277 g/mol. The minimum absolute atomic E-state index is 0.490. The first-order valence-corrected chi connectivity index (χ1v) is 5.77. The van der Waals surface area contributed by atoms with E-state index in [0.29, 0.717) is 13.2 Å². The Bertz CT molecular complexity index is 366. The summed E-state index contributed by atoms with van der Waals surface area (Å²) in [5.74, 6) is 0.796. The van der Waals surface area contributed by atoms with Crippen molar-refractivity contribution in [1.82, 2.24) is 0 Å². The van der Waals surface area contributed by atoms with Gasteiger partial charge < -0.3 is 10.5 Å². The Hall–Kier alpha value is -0.510. The lowest BCUT2D eigenvalue weighted by molar-refractivity contribution is 0.350. The highest BCUT2D eigenvalue weighted by Crippen LogP contribution is 2.26. The summed E-state index contributed by atoms with van der Waals surface area (Å²) in [5, 5.41) is 0. The van der Waals surface area contributed by atoms with Crippen LogP contribution >= 0.6 is 27.5 Å². The highest BCUT2D eigenvalue weighted by Gasteiger charge is 2.02. The monoisotopic (exact) mass is 289 g/mol. The molecule has 1 aromatic carbocycles. The van der Waals surface area contributed by atoms with Gasteiger partial charge in [-0.05, 0) is 46.1 Å². The van der Waals surface area contributed by atoms with E-state index in [1.165, 1.54) is 5.54 Å². The lowest BCUT2D eigenvalue weighted by Gasteiger charge is -2.09. The predicted octanol–water partition coefficient (Wildman–Crippen LogP) is 3.43. The van der Waals surface area contributed by atoms with E-state index >= 15 is 0 Å². The van der Waals surface area contributed by atoms with E-state index in [1.807, 2.05) is 25.1 Å². The maximum atomic E-state index is 5.55. The fraction of sp³-hybridized carbons (Fsp3) is 0.273. The number of ether oxygens (including phenoxy) is 1. The van der Waals surface area contributed by atoms with Crippen molar-refractivity contribution in [3.8, 4) is 5.75 Å². The van der Waals surface area contributed by atoms with Gasteiger partial charge in [0.05, 0.1) is 4.47 Å². The molecule has 0 aliphatic carbocycles. The molecular formula is C11H13BrClNO. The molecule has 2 nitrogen and oxygen atoms in total. The molecule has 82 valence electrons. The lowest BCUT2D eigenvalue weighted by atomic mass is 10.2. The van der Waals surface area contributed by atoms with E-state index in [2.05, 4.69) is 15.9 Å². The quantitative estimate of drug-likeness (QED) is 0.922. The summed E-state index contributed by atoms with van der Waals surface area (Å²) in [7, 11) is 0. The third-order valence-corrected chi connectivity index (χ3v) is 2.87. The molecule has 0 spiro atoms. The molecule has 0 radical (unpaired) electrons. The molecule has 0 unspecified atom stereocenters. The van der Waals surface area contributed by atoms with E-state index in [4.69, 9.17) is 22.1 Å². The summed E-state index contributed by atoms with van der Waals surface area (Å²) < 4.78 is 6.46. The third-order valence-electron chi connectivity index (χ3n) is 1.87. The van der Waals surface area contributed by atoms with Crippen LogP contribution in [-0.4, -0.2) is 6.61 Å². The van der Waals surface area contributed by atoms with E-state index in [0.717, 1.165) is 21.4 Å². The van der Waals surface area contributed by atoms with Gasteiger partial charge in [0.25, 0.3) is 0 Å². The molecule has 4 heteroatoms. The molecule has 0 saturated carbocycles. The van der Waals surface area contributed by atoms with Crippen LogP contribution in [0, 0.1) is 0 Å². The topological polar surface area (TPSA) is 35.2 Å². The summed E-state index contributed by atoms with van der Waals surface area (Å²) in [6.45, 7) is 2.93. The zero-order valence-corrected chi connectivity index (χ0v) is 10.8. The zero-order chi connectivity index (χ0) is 11.3. The van der Waals surface area contributed by atoms with Gasteiger partial charge in [0.1, 0.15) is 12.4 Å². The molecule has 0 aromatic heterocycles. The van der Waals surface area contributed by atoms with Gasteiger partial charge in [-0.25, -0.2) is 0 Å². The van der Waals surface area contributed by atoms with Gasteiger partial charge in [0.15, 0.2) is 0 Å². The highest BCUT2D eigenvalue weighted by atomic mass is 79.9.